The van der Waals surface area contributed by atoms with Gasteiger partial charge in [0.15, 0.2) is 5.96 Å². The highest BCUT2D eigenvalue weighted by atomic mass is 127. The van der Waals surface area contributed by atoms with E-state index in [-0.39, 0.29) is 24.0 Å². The maximum atomic E-state index is 6.10. The number of piperazine rings is 1. The van der Waals surface area contributed by atoms with Gasteiger partial charge in [0.2, 0.25) is 5.95 Å². The fraction of sp³-hybridized carbons (Fsp3) is 0.643. The minimum absolute atomic E-state index is 0. The molecule has 1 unspecified atom stereocenters. The van der Waals surface area contributed by atoms with Crippen LogP contribution < -0.4 is 10.6 Å². The minimum atomic E-state index is 0. The van der Waals surface area contributed by atoms with Crippen LogP contribution in [0.4, 0.5) is 5.95 Å². The molecule has 0 aromatic carbocycles. The van der Waals surface area contributed by atoms with Crippen LogP contribution in [0.2, 0.25) is 0 Å². The third kappa shape index (κ3) is 4.42. The van der Waals surface area contributed by atoms with Crippen molar-refractivity contribution in [1.29, 1.82) is 0 Å². The Hall–Kier alpha value is -1.16. The van der Waals surface area contributed by atoms with Gasteiger partial charge in [-0.05, 0) is 12.5 Å². The Balaban J connectivity index is 0.00000176. The normalized spacial score (nSPS) is 22.5. The largest absolute Gasteiger partial charge is 0.381 e. The monoisotopic (exact) mass is 418 g/mol. The second-order valence-corrected chi connectivity index (χ2v) is 5.45. The van der Waals surface area contributed by atoms with Crippen molar-refractivity contribution in [3.05, 3.63) is 18.5 Å². The summed E-state index contributed by atoms with van der Waals surface area (Å²) in [4.78, 5) is 17.4. The summed E-state index contributed by atoms with van der Waals surface area (Å²) in [7, 11) is 0. The first kappa shape index (κ1) is 17.2. The van der Waals surface area contributed by atoms with E-state index in [2.05, 4.69) is 24.8 Å². The molecular formula is C14H23IN6O. The molecule has 8 heteroatoms. The molecule has 22 heavy (non-hydrogen) atoms. The van der Waals surface area contributed by atoms with E-state index in [4.69, 9.17) is 10.5 Å². The van der Waals surface area contributed by atoms with Gasteiger partial charge >= 0.3 is 0 Å². The third-order valence-electron chi connectivity index (χ3n) is 3.97. The number of aliphatic imine (C=N–C) groups is 1. The van der Waals surface area contributed by atoms with E-state index in [0.717, 1.165) is 58.3 Å². The van der Waals surface area contributed by atoms with Gasteiger partial charge < -0.3 is 20.3 Å². The molecule has 3 rings (SSSR count). The molecule has 0 radical (unpaired) electrons. The van der Waals surface area contributed by atoms with Gasteiger partial charge in [-0.2, -0.15) is 0 Å². The molecule has 0 amide bonds. The molecule has 0 aliphatic carbocycles. The van der Waals surface area contributed by atoms with Crippen LogP contribution in [0.1, 0.15) is 6.42 Å². The standard InChI is InChI=1S/C14H22N6O.HI/c15-13(18-10-12-2-9-21-11-12)19-5-7-20(8-6-19)14-16-3-1-4-17-14;/h1,3-4,12H,2,5-11H2,(H2,15,18);1H. The first-order valence-electron chi connectivity index (χ1n) is 7.47. The highest BCUT2D eigenvalue weighted by Crippen LogP contribution is 2.13. The zero-order valence-electron chi connectivity index (χ0n) is 12.6. The lowest BCUT2D eigenvalue weighted by Gasteiger charge is -2.35. The lowest BCUT2D eigenvalue weighted by atomic mass is 10.1. The molecule has 0 bridgehead atoms. The lowest BCUT2D eigenvalue weighted by Crippen LogP contribution is -2.51. The number of hydrogen-bond acceptors (Lipinski definition) is 5. The van der Waals surface area contributed by atoms with Crippen molar-refractivity contribution in [3.8, 4) is 0 Å². The summed E-state index contributed by atoms with van der Waals surface area (Å²) in [6, 6.07) is 1.83. The number of rotatable bonds is 3. The number of anilines is 1. The van der Waals surface area contributed by atoms with Crippen LogP contribution in [-0.2, 0) is 4.74 Å². The SMILES string of the molecule is I.NC(=NCC1CCOC1)N1CCN(c2ncccn2)CC1. The molecule has 122 valence electrons. The summed E-state index contributed by atoms with van der Waals surface area (Å²) < 4.78 is 5.35. The number of halogens is 1. The number of nitrogens with zero attached hydrogens (tertiary/aromatic N) is 5. The van der Waals surface area contributed by atoms with Gasteiger partial charge in [-0.1, -0.05) is 0 Å². The van der Waals surface area contributed by atoms with Crippen LogP contribution in [0.5, 0.6) is 0 Å². The van der Waals surface area contributed by atoms with Crippen LogP contribution >= 0.6 is 24.0 Å². The second-order valence-electron chi connectivity index (χ2n) is 5.45. The van der Waals surface area contributed by atoms with Crippen molar-refractivity contribution in [1.82, 2.24) is 14.9 Å². The van der Waals surface area contributed by atoms with Crippen molar-refractivity contribution >= 4 is 35.9 Å². The highest BCUT2D eigenvalue weighted by molar-refractivity contribution is 14.0. The molecular weight excluding hydrogens is 395 g/mol. The van der Waals surface area contributed by atoms with Crippen molar-refractivity contribution < 1.29 is 4.74 Å². The predicted octanol–water partition coefficient (Wildman–Crippen LogP) is 0.568. The molecule has 1 aromatic rings. The fourth-order valence-electron chi connectivity index (χ4n) is 2.64. The molecule has 2 fully saturated rings. The second kappa shape index (κ2) is 8.47. The van der Waals surface area contributed by atoms with E-state index in [9.17, 15) is 0 Å². The number of hydrogen-bond donors (Lipinski definition) is 1. The average Bonchev–Trinajstić information content (AvgIpc) is 3.07. The molecule has 0 saturated carbocycles. The highest BCUT2D eigenvalue weighted by Gasteiger charge is 2.20. The van der Waals surface area contributed by atoms with Crippen LogP contribution in [0, 0.1) is 5.92 Å². The average molecular weight is 418 g/mol. The third-order valence-corrected chi connectivity index (χ3v) is 3.97. The van der Waals surface area contributed by atoms with Gasteiger partial charge in [-0.15, -0.1) is 24.0 Å². The first-order valence-corrected chi connectivity index (χ1v) is 7.47. The number of ether oxygens (including phenoxy) is 1. The summed E-state index contributed by atoms with van der Waals surface area (Å²) in [6.07, 6.45) is 4.64. The molecule has 0 spiro atoms. The molecule has 2 saturated heterocycles. The first-order chi connectivity index (χ1) is 10.3. The molecule has 2 aliphatic heterocycles. The van der Waals surface area contributed by atoms with E-state index in [1.165, 1.54) is 0 Å². The molecule has 7 nitrogen and oxygen atoms in total. The van der Waals surface area contributed by atoms with E-state index in [1.54, 1.807) is 12.4 Å². The molecule has 1 atom stereocenters. The van der Waals surface area contributed by atoms with Crippen LogP contribution in [0.3, 0.4) is 0 Å². The van der Waals surface area contributed by atoms with Gasteiger partial charge in [0.25, 0.3) is 0 Å². The number of aromatic nitrogens is 2. The Morgan fingerprint density at radius 3 is 2.64 bits per heavy atom. The molecule has 2 N–H and O–H groups in total. The smallest absolute Gasteiger partial charge is 0.225 e. The summed E-state index contributed by atoms with van der Waals surface area (Å²) >= 11 is 0. The van der Waals surface area contributed by atoms with E-state index < -0.39 is 0 Å². The number of nitrogens with two attached hydrogens (primary N) is 1. The van der Waals surface area contributed by atoms with Crippen molar-refractivity contribution in [2.75, 3.05) is 50.8 Å². The molecule has 2 aliphatic rings. The minimum Gasteiger partial charge on any atom is -0.381 e. The van der Waals surface area contributed by atoms with E-state index in [0.29, 0.717) is 11.9 Å². The van der Waals surface area contributed by atoms with Gasteiger partial charge in [0, 0.05) is 57.6 Å². The van der Waals surface area contributed by atoms with Crippen molar-refractivity contribution in [2.24, 2.45) is 16.6 Å². The van der Waals surface area contributed by atoms with Crippen molar-refractivity contribution in [3.63, 3.8) is 0 Å². The molecule has 3 heterocycles. The van der Waals surface area contributed by atoms with Crippen LogP contribution in [0.15, 0.2) is 23.5 Å². The van der Waals surface area contributed by atoms with Crippen LogP contribution in [-0.4, -0.2) is 66.8 Å². The Bertz CT molecular complexity index is 471. The quantitative estimate of drug-likeness (QED) is 0.439. The summed E-state index contributed by atoms with van der Waals surface area (Å²) in [6.45, 7) is 5.89. The zero-order chi connectivity index (χ0) is 14.5. The van der Waals surface area contributed by atoms with Crippen LogP contribution in [0.25, 0.3) is 0 Å². The van der Waals surface area contributed by atoms with Gasteiger partial charge in [-0.25, -0.2) is 9.97 Å². The Morgan fingerprint density at radius 1 is 1.27 bits per heavy atom. The topological polar surface area (TPSA) is 79.9 Å². The summed E-state index contributed by atoms with van der Waals surface area (Å²) in [5.74, 6) is 1.97. The van der Waals surface area contributed by atoms with Crippen molar-refractivity contribution in [2.45, 2.75) is 6.42 Å². The summed E-state index contributed by atoms with van der Waals surface area (Å²) in [5.41, 5.74) is 6.10. The maximum Gasteiger partial charge on any atom is 0.225 e. The maximum absolute atomic E-state index is 6.10. The lowest BCUT2D eigenvalue weighted by molar-refractivity contribution is 0.187. The van der Waals surface area contributed by atoms with Gasteiger partial charge in [-0.3, -0.25) is 4.99 Å². The molecule has 1 aromatic heterocycles. The van der Waals surface area contributed by atoms with Gasteiger partial charge in [0.1, 0.15) is 0 Å². The summed E-state index contributed by atoms with van der Waals surface area (Å²) in [5, 5.41) is 0. The zero-order valence-corrected chi connectivity index (χ0v) is 14.9. The number of guanidine groups is 1. The Morgan fingerprint density at radius 2 is 2.00 bits per heavy atom. The van der Waals surface area contributed by atoms with E-state index in [1.807, 2.05) is 6.07 Å². The Labute approximate surface area is 148 Å². The van der Waals surface area contributed by atoms with Gasteiger partial charge in [0.05, 0.1) is 6.61 Å². The Kier molecular flexibility index (Phi) is 6.62. The fourth-order valence-corrected chi connectivity index (χ4v) is 2.64. The van der Waals surface area contributed by atoms with E-state index >= 15 is 0 Å². The predicted molar refractivity (Wildman–Crippen MR) is 96.6 cm³/mol.